The van der Waals surface area contributed by atoms with Gasteiger partial charge in [-0.1, -0.05) is 13.3 Å². The van der Waals surface area contributed by atoms with Gasteiger partial charge < -0.3 is 14.4 Å². The summed E-state index contributed by atoms with van der Waals surface area (Å²) >= 11 is 0. The van der Waals surface area contributed by atoms with Gasteiger partial charge in [-0.25, -0.2) is 9.28 Å². The van der Waals surface area contributed by atoms with Crippen LogP contribution >= 0.6 is 0 Å². The number of benzene rings is 1. The second-order valence-corrected chi connectivity index (χ2v) is 11.4. The minimum atomic E-state index is -0.475. The third-order valence-electron chi connectivity index (χ3n) is 8.62. The summed E-state index contributed by atoms with van der Waals surface area (Å²) in [4.78, 5) is 27.3. The Balaban J connectivity index is 1.37. The summed E-state index contributed by atoms with van der Waals surface area (Å²) in [7, 11) is 5.99. The van der Waals surface area contributed by atoms with E-state index in [9.17, 15) is 4.79 Å². The van der Waals surface area contributed by atoms with E-state index in [1.807, 2.05) is 37.5 Å². The van der Waals surface area contributed by atoms with Crippen LogP contribution in [0.2, 0.25) is 0 Å². The minimum absolute atomic E-state index is 0.139. The molecule has 210 valence electrons. The number of aliphatic imine (C=N–C) groups is 2. The standard InChI is InChI=1S/C30H42N6O3/c1-6-7-21(2)39-30(37)32-25-11-9-23(19-27(25)38-5)29-33-28(26-20-31-12-17-36(26,29)4)22-8-10-24(18-22)35-15-13-34(3)14-16-35/h9,11-12,17,19-22,24H,6-8,10,13-16,18H2,1-5H3/p+1. The molecule has 1 aliphatic carbocycles. The summed E-state index contributed by atoms with van der Waals surface area (Å²) in [6.45, 7) is 8.57. The molecule has 39 heavy (non-hydrogen) atoms. The zero-order valence-electron chi connectivity index (χ0n) is 24.0. The highest BCUT2D eigenvalue weighted by Gasteiger charge is 2.46. The van der Waals surface area contributed by atoms with Crippen LogP contribution in [0.25, 0.3) is 0 Å². The number of amidine groups is 1. The molecular weight excluding hydrogens is 492 g/mol. The summed E-state index contributed by atoms with van der Waals surface area (Å²) in [5, 5.41) is 2.84. The molecule has 1 aromatic rings. The monoisotopic (exact) mass is 535 g/mol. The number of hydrogen-bond acceptors (Lipinski definition) is 7. The van der Waals surface area contributed by atoms with Gasteiger partial charge in [0.25, 0.3) is 0 Å². The first-order valence-electron chi connectivity index (χ1n) is 14.3. The maximum atomic E-state index is 12.4. The smallest absolute Gasteiger partial charge is 0.412 e. The first-order chi connectivity index (χ1) is 18.8. The summed E-state index contributed by atoms with van der Waals surface area (Å²) in [5.41, 5.74) is 3.83. The number of quaternary nitrogens is 1. The van der Waals surface area contributed by atoms with Crippen molar-refractivity contribution >= 4 is 23.8 Å². The van der Waals surface area contributed by atoms with Gasteiger partial charge in [-0.2, -0.15) is 4.99 Å². The van der Waals surface area contributed by atoms with Gasteiger partial charge in [0.05, 0.1) is 37.8 Å². The van der Waals surface area contributed by atoms with Crippen LogP contribution in [-0.4, -0.2) is 92.0 Å². The fraction of sp³-hybridized carbons (Fsp3) is 0.567. The van der Waals surface area contributed by atoms with Gasteiger partial charge >= 0.3 is 6.09 Å². The number of likely N-dealkylation sites (N-methyl/N-ethyl adjacent to an activating group) is 1. The SMILES string of the molecule is CCCC(C)OC(=O)Nc1ccc(C2=NC(C3CCC(N4CCN(C)CC4)C3)=C3C=NC=C[N+]23C)cc1OC. The van der Waals surface area contributed by atoms with Crippen LogP contribution in [-0.2, 0) is 4.74 Å². The number of piperazine rings is 1. The van der Waals surface area contributed by atoms with Crippen molar-refractivity contribution in [2.45, 2.75) is 58.1 Å². The van der Waals surface area contributed by atoms with Crippen LogP contribution < -0.4 is 10.1 Å². The van der Waals surface area contributed by atoms with Gasteiger partial charge in [0.1, 0.15) is 23.8 Å². The molecule has 2 fully saturated rings. The van der Waals surface area contributed by atoms with E-state index in [-0.39, 0.29) is 6.10 Å². The Labute approximate surface area is 232 Å². The first-order valence-corrected chi connectivity index (χ1v) is 14.3. The van der Waals surface area contributed by atoms with Crippen molar-refractivity contribution < 1.29 is 18.8 Å². The number of methoxy groups -OCH3 is 1. The molecule has 0 spiro atoms. The van der Waals surface area contributed by atoms with Gasteiger partial charge in [-0.05, 0) is 57.9 Å². The maximum Gasteiger partial charge on any atom is 0.412 e. The molecule has 1 aromatic carbocycles. The van der Waals surface area contributed by atoms with Gasteiger partial charge in [-0.15, -0.1) is 0 Å². The Kier molecular flexibility index (Phi) is 8.21. The lowest BCUT2D eigenvalue weighted by Crippen LogP contribution is -2.48. The number of fused-ring (bicyclic) bond motifs is 1. The molecule has 4 atom stereocenters. The fourth-order valence-corrected chi connectivity index (χ4v) is 6.33. The number of carbonyl (C=O) groups excluding carboxylic acids is 1. The van der Waals surface area contributed by atoms with Crippen LogP contribution in [0.1, 0.15) is 51.5 Å². The number of nitrogens with one attached hydrogen (secondary N) is 1. The summed E-state index contributed by atoms with van der Waals surface area (Å²) in [5.74, 6) is 1.93. The number of anilines is 1. The molecular formula is C30H43N6O3+. The molecule has 4 aliphatic rings. The largest absolute Gasteiger partial charge is 0.495 e. The molecule has 9 heteroatoms. The van der Waals surface area contributed by atoms with Crippen molar-refractivity contribution in [2.75, 3.05) is 52.7 Å². The number of allylic oxidation sites excluding steroid dienone is 2. The van der Waals surface area contributed by atoms with Crippen molar-refractivity contribution in [3.05, 3.63) is 47.6 Å². The van der Waals surface area contributed by atoms with Crippen LogP contribution in [0.4, 0.5) is 10.5 Å². The molecule has 0 aromatic heterocycles. The quantitative estimate of drug-likeness (QED) is 0.483. The Morgan fingerprint density at radius 1 is 1.23 bits per heavy atom. The normalized spacial score (nSPS) is 27.9. The van der Waals surface area contributed by atoms with Gasteiger partial charge in [0.2, 0.25) is 5.84 Å². The lowest BCUT2D eigenvalue weighted by Gasteiger charge is -2.36. The van der Waals surface area contributed by atoms with E-state index in [4.69, 9.17) is 14.5 Å². The first kappa shape index (κ1) is 27.6. The average molecular weight is 536 g/mol. The fourth-order valence-electron chi connectivity index (χ4n) is 6.33. The van der Waals surface area contributed by atoms with Crippen molar-refractivity contribution in [2.24, 2.45) is 15.9 Å². The lowest BCUT2D eigenvalue weighted by molar-refractivity contribution is -0.713. The van der Waals surface area contributed by atoms with Gasteiger partial charge in [0, 0.05) is 38.1 Å². The van der Waals surface area contributed by atoms with Crippen molar-refractivity contribution in [3.8, 4) is 5.75 Å². The number of nitrogens with zero attached hydrogens (tertiary/aromatic N) is 5. The molecule has 0 bridgehead atoms. The lowest BCUT2D eigenvalue weighted by atomic mass is 10.0. The number of ether oxygens (including phenoxy) is 2. The highest BCUT2D eigenvalue weighted by atomic mass is 16.6. The van der Waals surface area contributed by atoms with E-state index in [0.717, 1.165) is 74.7 Å². The Morgan fingerprint density at radius 2 is 2.03 bits per heavy atom. The van der Waals surface area contributed by atoms with Gasteiger partial charge in [-0.3, -0.25) is 15.2 Å². The van der Waals surface area contributed by atoms with E-state index >= 15 is 0 Å². The second-order valence-electron chi connectivity index (χ2n) is 11.4. The molecule has 4 unspecified atom stereocenters. The summed E-state index contributed by atoms with van der Waals surface area (Å²) in [6, 6.07) is 6.44. The molecule has 3 aliphatic heterocycles. The van der Waals surface area contributed by atoms with Gasteiger partial charge in [0.15, 0.2) is 5.70 Å². The second kappa shape index (κ2) is 11.6. The number of carbonyl (C=O) groups is 1. The minimum Gasteiger partial charge on any atom is -0.495 e. The Hall–Kier alpha value is -3.01. The third kappa shape index (κ3) is 5.66. The molecule has 5 rings (SSSR count). The van der Waals surface area contributed by atoms with Crippen LogP contribution in [0.3, 0.4) is 0 Å². The van der Waals surface area contributed by atoms with E-state index in [1.54, 1.807) is 7.11 Å². The molecule has 1 N–H and O–H groups in total. The van der Waals surface area contributed by atoms with Crippen LogP contribution in [0.5, 0.6) is 5.75 Å². The number of rotatable bonds is 8. The predicted octanol–water partition coefficient (Wildman–Crippen LogP) is 4.82. The zero-order chi connectivity index (χ0) is 27.6. The molecule has 1 saturated heterocycles. The number of amides is 1. The maximum absolute atomic E-state index is 12.4. The topological polar surface area (TPSA) is 78.8 Å². The zero-order valence-corrected chi connectivity index (χ0v) is 24.0. The summed E-state index contributed by atoms with van der Waals surface area (Å²) < 4.78 is 11.6. The van der Waals surface area contributed by atoms with Crippen molar-refractivity contribution in [1.29, 1.82) is 0 Å². The molecule has 3 heterocycles. The Morgan fingerprint density at radius 3 is 2.77 bits per heavy atom. The van der Waals surface area contributed by atoms with E-state index < -0.39 is 6.09 Å². The van der Waals surface area contributed by atoms with Crippen molar-refractivity contribution in [1.82, 2.24) is 9.80 Å². The third-order valence-corrected chi connectivity index (χ3v) is 8.62. The highest BCUT2D eigenvalue weighted by Crippen LogP contribution is 2.43. The van der Waals surface area contributed by atoms with E-state index in [1.165, 1.54) is 6.42 Å². The molecule has 1 saturated carbocycles. The number of hydrogen-bond donors (Lipinski definition) is 1. The molecule has 9 nitrogen and oxygen atoms in total. The molecule has 1 amide bonds. The van der Waals surface area contributed by atoms with E-state index in [0.29, 0.717) is 27.9 Å². The van der Waals surface area contributed by atoms with Crippen LogP contribution in [0.15, 0.2) is 52.0 Å². The highest BCUT2D eigenvalue weighted by molar-refractivity contribution is 6.01. The van der Waals surface area contributed by atoms with Crippen molar-refractivity contribution in [3.63, 3.8) is 0 Å². The summed E-state index contributed by atoms with van der Waals surface area (Å²) in [6.07, 6.45) is 10.6. The van der Waals surface area contributed by atoms with Crippen LogP contribution in [0, 0.1) is 5.92 Å². The predicted molar refractivity (Wildman–Crippen MR) is 155 cm³/mol. The average Bonchev–Trinajstić information content (AvgIpc) is 3.52. The van der Waals surface area contributed by atoms with E-state index in [2.05, 4.69) is 47.3 Å². The molecule has 0 radical (unpaired) electrons. The Bertz CT molecular complexity index is 1200.